The summed E-state index contributed by atoms with van der Waals surface area (Å²) in [5, 5.41) is 8.07. The Morgan fingerprint density at radius 2 is 2.19 bits per heavy atom. The number of carbonyl (C=O) groups is 1. The highest BCUT2D eigenvalue weighted by molar-refractivity contribution is 6.31. The van der Waals surface area contributed by atoms with Gasteiger partial charge < -0.3 is 4.74 Å². The Labute approximate surface area is 126 Å². The average molecular weight is 312 g/mol. The lowest BCUT2D eigenvalue weighted by Crippen LogP contribution is -2.12. The number of esters is 1. The molecule has 0 bridgehead atoms. The minimum Gasteiger partial charge on any atom is -0.464 e. The normalized spacial score (nSPS) is 11.0. The van der Waals surface area contributed by atoms with Gasteiger partial charge in [0.2, 0.25) is 0 Å². The van der Waals surface area contributed by atoms with E-state index in [0.717, 1.165) is 0 Å². The van der Waals surface area contributed by atoms with E-state index in [4.69, 9.17) is 11.6 Å². The lowest BCUT2D eigenvalue weighted by molar-refractivity contribution is 0.0592. The summed E-state index contributed by atoms with van der Waals surface area (Å²) in [6, 6.07) is 4.47. The van der Waals surface area contributed by atoms with Crippen LogP contribution in [0.3, 0.4) is 0 Å². The zero-order valence-corrected chi connectivity index (χ0v) is 12.7. The molecule has 1 heterocycles. The summed E-state index contributed by atoms with van der Waals surface area (Å²) in [7, 11) is 1.28. The molecule has 0 radical (unpaired) electrons. The van der Waals surface area contributed by atoms with Gasteiger partial charge in [0.25, 0.3) is 0 Å². The van der Waals surface area contributed by atoms with Crippen molar-refractivity contribution in [2.24, 2.45) is 0 Å². The quantitative estimate of drug-likeness (QED) is 0.814. The van der Waals surface area contributed by atoms with Crippen molar-refractivity contribution >= 4 is 17.6 Å². The third kappa shape index (κ3) is 3.05. The Bertz CT molecular complexity index is 650. The largest absolute Gasteiger partial charge is 0.464 e. The molecule has 0 aliphatic carbocycles. The second-order valence-electron chi connectivity index (χ2n) is 4.83. The number of methoxy groups -OCH3 is 1. The Hall–Kier alpha value is -1.95. The van der Waals surface area contributed by atoms with E-state index >= 15 is 0 Å². The maximum absolute atomic E-state index is 13.9. The van der Waals surface area contributed by atoms with Crippen LogP contribution in [0.1, 0.15) is 41.5 Å². The van der Waals surface area contributed by atoms with Gasteiger partial charge in [-0.15, -0.1) is 5.10 Å². The summed E-state index contributed by atoms with van der Waals surface area (Å²) < 4.78 is 20.0. The lowest BCUT2D eigenvalue weighted by atomic mass is 10.1. The van der Waals surface area contributed by atoms with Crippen LogP contribution >= 0.6 is 11.6 Å². The number of nitrogens with zero attached hydrogens (tertiary/aromatic N) is 3. The SMILES string of the molecule is COC(=O)c1nnn(Cc2c(F)cccc2Cl)c1C(C)C. The molecule has 21 heavy (non-hydrogen) atoms. The van der Waals surface area contributed by atoms with Crippen molar-refractivity contribution in [2.75, 3.05) is 7.11 Å². The van der Waals surface area contributed by atoms with Crippen molar-refractivity contribution in [1.29, 1.82) is 0 Å². The summed E-state index contributed by atoms with van der Waals surface area (Å²) in [5.74, 6) is -1.02. The number of halogens is 2. The first-order valence-corrected chi connectivity index (χ1v) is 6.78. The van der Waals surface area contributed by atoms with Gasteiger partial charge in [-0.05, 0) is 18.1 Å². The van der Waals surface area contributed by atoms with Gasteiger partial charge in [0.1, 0.15) is 5.82 Å². The highest BCUT2D eigenvalue weighted by Crippen LogP contribution is 2.23. The molecule has 7 heteroatoms. The molecule has 0 N–H and O–H groups in total. The van der Waals surface area contributed by atoms with E-state index < -0.39 is 11.8 Å². The van der Waals surface area contributed by atoms with Crippen LogP contribution in [0, 0.1) is 5.82 Å². The lowest BCUT2D eigenvalue weighted by Gasteiger charge is -2.12. The molecule has 0 fully saturated rings. The van der Waals surface area contributed by atoms with E-state index in [-0.39, 0.29) is 18.2 Å². The van der Waals surface area contributed by atoms with Crippen LogP contribution in [0.5, 0.6) is 0 Å². The van der Waals surface area contributed by atoms with E-state index in [1.165, 1.54) is 23.9 Å². The van der Waals surface area contributed by atoms with E-state index in [2.05, 4.69) is 15.0 Å². The Morgan fingerprint density at radius 1 is 1.48 bits per heavy atom. The van der Waals surface area contributed by atoms with Crippen LogP contribution in [0.25, 0.3) is 0 Å². The number of aromatic nitrogens is 3. The van der Waals surface area contributed by atoms with Crippen LogP contribution in [-0.2, 0) is 11.3 Å². The molecule has 2 rings (SSSR count). The van der Waals surface area contributed by atoms with Gasteiger partial charge in [-0.2, -0.15) is 0 Å². The van der Waals surface area contributed by atoms with Gasteiger partial charge in [0.05, 0.1) is 19.3 Å². The zero-order valence-electron chi connectivity index (χ0n) is 11.9. The fraction of sp³-hybridized carbons (Fsp3) is 0.357. The Balaban J connectivity index is 2.46. The summed E-state index contributed by atoms with van der Waals surface area (Å²) in [5.41, 5.74) is 1.03. The maximum atomic E-state index is 13.9. The average Bonchev–Trinajstić information content (AvgIpc) is 2.86. The van der Waals surface area contributed by atoms with E-state index in [0.29, 0.717) is 16.3 Å². The summed E-state index contributed by atoms with van der Waals surface area (Å²) >= 11 is 6.01. The van der Waals surface area contributed by atoms with Gasteiger partial charge in [-0.1, -0.05) is 36.7 Å². The van der Waals surface area contributed by atoms with Gasteiger partial charge >= 0.3 is 5.97 Å². The molecule has 112 valence electrons. The van der Waals surface area contributed by atoms with E-state index in [1.54, 1.807) is 6.07 Å². The number of carbonyl (C=O) groups excluding carboxylic acids is 1. The van der Waals surface area contributed by atoms with Gasteiger partial charge in [0, 0.05) is 10.6 Å². The van der Waals surface area contributed by atoms with Gasteiger partial charge in [-0.25, -0.2) is 13.9 Å². The van der Waals surface area contributed by atoms with Crippen LogP contribution in [-0.4, -0.2) is 28.1 Å². The molecule has 0 unspecified atom stereocenters. The number of benzene rings is 1. The summed E-state index contributed by atoms with van der Waals surface area (Å²) in [4.78, 5) is 11.7. The van der Waals surface area contributed by atoms with Crippen LogP contribution in [0.15, 0.2) is 18.2 Å². The third-order valence-electron chi connectivity index (χ3n) is 3.07. The van der Waals surface area contributed by atoms with Crippen molar-refractivity contribution < 1.29 is 13.9 Å². The van der Waals surface area contributed by atoms with Gasteiger partial charge in [0.15, 0.2) is 5.69 Å². The monoisotopic (exact) mass is 311 g/mol. The minimum absolute atomic E-state index is 0.0281. The van der Waals surface area contributed by atoms with Crippen molar-refractivity contribution in [3.63, 3.8) is 0 Å². The topological polar surface area (TPSA) is 57.0 Å². The summed E-state index contributed by atoms with van der Waals surface area (Å²) in [6.07, 6.45) is 0. The molecular formula is C14H15ClFN3O2. The fourth-order valence-corrected chi connectivity index (χ4v) is 2.31. The molecule has 0 spiro atoms. The molecule has 2 aromatic rings. The molecule has 0 aliphatic heterocycles. The number of hydrogen-bond donors (Lipinski definition) is 0. The highest BCUT2D eigenvalue weighted by Gasteiger charge is 2.23. The Morgan fingerprint density at radius 3 is 2.76 bits per heavy atom. The first kappa shape index (κ1) is 15.4. The standard InChI is InChI=1S/C14H15ClFN3O2/c1-8(2)13-12(14(20)21-3)17-18-19(13)7-9-10(15)5-4-6-11(9)16/h4-6,8H,7H2,1-3H3. The fourth-order valence-electron chi connectivity index (χ4n) is 2.08. The number of hydrogen-bond acceptors (Lipinski definition) is 4. The molecule has 0 saturated heterocycles. The first-order chi connectivity index (χ1) is 9.95. The molecule has 5 nitrogen and oxygen atoms in total. The minimum atomic E-state index is -0.565. The molecule has 1 aromatic heterocycles. The number of rotatable bonds is 4. The predicted octanol–water partition coefficient (Wildman–Crippen LogP) is 3.03. The van der Waals surface area contributed by atoms with Crippen molar-refractivity contribution in [1.82, 2.24) is 15.0 Å². The summed E-state index contributed by atoms with van der Waals surface area (Å²) in [6.45, 7) is 3.89. The molecule has 1 aromatic carbocycles. The molecule has 0 aliphatic rings. The van der Waals surface area contributed by atoms with Crippen LogP contribution in [0.2, 0.25) is 5.02 Å². The Kier molecular flexibility index (Phi) is 4.57. The third-order valence-corrected chi connectivity index (χ3v) is 3.42. The molecule has 0 amide bonds. The van der Waals surface area contributed by atoms with Crippen LogP contribution < -0.4 is 0 Å². The first-order valence-electron chi connectivity index (χ1n) is 6.40. The highest BCUT2D eigenvalue weighted by atomic mass is 35.5. The van der Waals surface area contributed by atoms with E-state index in [9.17, 15) is 9.18 Å². The molecule has 0 atom stereocenters. The zero-order chi connectivity index (χ0) is 15.6. The van der Waals surface area contributed by atoms with E-state index in [1.807, 2.05) is 13.8 Å². The van der Waals surface area contributed by atoms with Gasteiger partial charge in [-0.3, -0.25) is 0 Å². The predicted molar refractivity (Wildman–Crippen MR) is 76.0 cm³/mol. The van der Waals surface area contributed by atoms with Crippen molar-refractivity contribution in [2.45, 2.75) is 26.3 Å². The number of ether oxygens (including phenoxy) is 1. The maximum Gasteiger partial charge on any atom is 0.360 e. The second kappa shape index (κ2) is 6.22. The second-order valence-corrected chi connectivity index (χ2v) is 5.23. The molecule has 0 saturated carbocycles. The van der Waals surface area contributed by atoms with Crippen molar-refractivity contribution in [3.8, 4) is 0 Å². The van der Waals surface area contributed by atoms with Crippen molar-refractivity contribution in [3.05, 3.63) is 46.0 Å². The van der Waals surface area contributed by atoms with Crippen LogP contribution in [0.4, 0.5) is 4.39 Å². The smallest absolute Gasteiger partial charge is 0.360 e. The molecular weight excluding hydrogens is 297 g/mol.